The summed E-state index contributed by atoms with van der Waals surface area (Å²) in [4.78, 5) is 4.59. The molecular weight excluding hydrogens is 336 g/mol. The third-order valence-corrected chi connectivity index (χ3v) is 4.11. The summed E-state index contributed by atoms with van der Waals surface area (Å²) >= 11 is 0. The molecule has 0 fully saturated rings. The van der Waals surface area contributed by atoms with E-state index in [1.54, 1.807) is 14.2 Å². The minimum Gasteiger partial charge on any atom is -1.00 e. The van der Waals surface area contributed by atoms with Crippen molar-refractivity contribution in [2.75, 3.05) is 20.8 Å². The highest BCUT2D eigenvalue weighted by Gasteiger charge is 2.13. The SMILES string of the molecule is CCC(C(N)=NCCc1ccc(OC)c(OC)c1)c1ccccc1.[Cl-]. The highest BCUT2D eigenvalue weighted by atomic mass is 35.5. The van der Waals surface area contributed by atoms with Crippen LogP contribution in [0.5, 0.6) is 11.5 Å². The molecule has 0 aromatic heterocycles. The molecule has 0 aliphatic carbocycles. The van der Waals surface area contributed by atoms with Crippen LogP contribution in [0, 0.1) is 0 Å². The molecule has 0 spiro atoms. The highest BCUT2D eigenvalue weighted by Crippen LogP contribution is 2.27. The van der Waals surface area contributed by atoms with E-state index < -0.39 is 0 Å². The minimum absolute atomic E-state index is 0. The molecule has 0 saturated carbocycles. The number of aliphatic imine (C=N–C) groups is 1. The second kappa shape index (κ2) is 10.6. The van der Waals surface area contributed by atoms with Gasteiger partial charge in [0.25, 0.3) is 0 Å². The van der Waals surface area contributed by atoms with E-state index in [2.05, 4.69) is 24.0 Å². The number of halogens is 1. The van der Waals surface area contributed by atoms with Gasteiger partial charge >= 0.3 is 0 Å². The first-order chi connectivity index (χ1) is 11.7. The number of hydrogen-bond donors (Lipinski definition) is 1. The molecule has 0 amide bonds. The summed E-state index contributed by atoms with van der Waals surface area (Å²) in [5, 5.41) is 0. The Morgan fingerprint density at radius 1 is 1.04 bits per heavy atom. The van der Waals surface area contributed by atoms with E-state index in [4.69, 9.17) is 15.2 Å². The second-order valence-electron chi connectivity index (χ2n) is 5.62. The molecule has 136 valence electrons. The lowest BCUT2D eigenvalue weighted by Gasteiger charge is -2.15. The molecule has 0 radical (unpaired) electrons. The van der Waals surface area contributed by atoms with Crippen molar-refractivity contribution in [2.24, 2.45) is 10.7 Å². The second-order valence-corrected chi connectivity index (χ2v) is 5.62. The summed E-state index contributed by atoms with van der Waals surface area (Å²) in [7, 11) is 3.28. The van der Waals surface area contributed by atoms with E-state index >= 15 is 0 Å². The Labute approximate surface area is 156 Å². The maximum atomic E-state index is 6.23. The van der Waals surface area contributed by atoms with Crippen molar-refractivity contribution < 1.29 is 21.9 Å². The number of amidine groups is 1. The van der Waals surface area contributed by atoms with Gasteiger partial charge in [0.05, 0.1) is 14.2 Å². The average molecular weight is 362 g/mol. The van der Waals surface area contributed by atoms with Crippen LogP contribution in [0.4, 0.5) is 0 Å². The fraction of sp³-hybridized carbons (Fsp3) is 0.350. The summed E-state index contributed by atoms with van der Waals surface area (Å²) in [6, 6.07) is 16.2. The van der Waals surface area contributed by atoms with E-state index in [9.17, 15) is 0 Å². The monoisotopic (exact) mass is 361 g/mol. The number of ether oxygens (including phenoxy) is 2. The highest BCUT2D eigenvalue weighted by molar-refractivity contribution is 5.87. The Hall–Kier alpha value is -2.20. The molecule has 2 rings (SSSR count). The molecule has 0 heterocycles. The molecule has 0 bridgehead atoms. The van der Waals surface area contributed by atoms with Gasteiger partial charge in [-0.15, -0.1) is 0 Å². The predicted octanol–water partition coefficient (Wildman–Crippen LogP) is 0.801. The quantitative estimate of drug-likeness (QED) is 0.559. The number of hydrogen-bond acceptors (Lipinski definition) is 3. The Kier molecular flexibility index (Phi) is 8.86. The molecular formula is C20H26ClN2O2-. The van der Waals surface area contributed by atoms with E-state index in [0.717, 1.165) is 29.9 Å². The molecule has 4 nitrogen and oxygen atoms in total. The van der Waals surface area contributed by atoms with E-state index in [1.807, 2.05) is 36.4 Å². The zero-order valence-corrected chi connectivity index (χ0v) is 15.8. The van der Waals surface area contributed by atoms with Gasteiger partial charge in [0.1, 0.15) is 5.84 Å². The molecule has 25 heavy (non-hydrogen) atoms. The molecule has 0 aliphatic heterocycles. The smallest absolute Gasteiger partial charge is 0.160 e. The molecule has 1 atom stereocenters. The Morgan fingerprint density at radius 3 is 2.32 bits per heavy atom. The van der Waals surface area contributed by atoms with Crippen molar-refractivity contribution in [1.29, 1.82) is 0 Å². The van der Waals surface area contributed by atoms with Crippen molar-refractivity contribution in [2.45, 2.75) is 25.7 Å². The van der Waals surface area contributed by atoms with Crippen LogP contribution in [-0.4, -0.2) is 26.6 Å². The number of rotatable bonds is 8. The standard InChI is InChI=1S/C20H26N2O2.ClH/c1-4-17(16-8-6-5-7-9-16)20(21)22-13-12-15-10-11-18(23-2)19(14-15)24-3;/h5-11,14,17H,4,12-13H2,1-3H3,(H2,21,22);1H/p-1. The molecule has 1 unspecified atom stereocenters. The van der Waals surface area contributed by atoms with Crippen molar-refractivity contribution in [3.63, 3.8) is 0 Å². The summed E-state index contributed by atoms with van der Waals surface area (Å²) in [6.07, 6.45) is 1.75. The van der Waals surface area contributed by atoms with Gasteiger partial charge in [0.2, 0.25) is 0 Å². The number of nitrogens with two attached hydrogens (primary N) is 1. The van der Waals surface area contributed by atoms with Gasteiger partial charge in [-0.25, -0.2) is 0 Å². The van der Waals surface area contributed by atoms with Crippen LogP contribution < -0.4 is 27.6 Å². The lowest BCUT2D eigenvalue weighted by molar-refractivity contribution is -0.00000568. The number of methoxy groups -OCH3 is 2. The van der Waals surface area contributed by atoms with Crippen molar-refractivity contribution in [3.05, 3.63) is 59.7 Å². The normalized spacial score (nSPS) is 12.2. The van der Waals surface area contributed by atoms with Crippen molar-refractivity contribution in [1.82, 2.24) is 0 Å². The third-order valence-electron chi connectivity index (χ3n) is 4.11. The predicted molar refractivity (Wildman–Crippen MR) is 99.2 cm³/mol. The molecule has 2 N–H and O–H groups in total. The lowest BCUT2D eigenvalue weighted by atomic mass is 9.95. The zero-order chi connectivity index (χ0) is 17.4. The Bertz CT molecular complexity index is 675. The van der Waals surface area contributed by atoms with Gasteiger partial charge in [-0.2, -0.15) is 0 Å². The maximum absolute atomic E-state index is 6.23. The molecule has 5 heteroatoms. The Morgan fingerprint density at radius 2 is 1.72 bits per heavy atom. The van der Waals surface area contributed by atoms with Gasteiger partial charge < -0.3 is 27.6 Å². The first kappa shape index (κ1) is 20.8. The Balaban J connectivity index is 0.00000312. The van der Waals surface area contributed by atoms with E-state index in [1.165, 1.54) is 5.56 Å². The first-order valence-electron chi connectivity index (χ1n) is 8.25. The van der Waals surface area contributed by atoms with Gasteiger partial charge in [-0.3, -0.25) is 4.99 Å². The van der Waals surface area contributed by atoms with Gasteiger partial charge in [0, 0.05) is 12.5 Å². The summed E-state index contributed by atoms with van der Waals surface area (Å²) in [5.74, 6) is 2.35. The van der Waals surface area contributed by atoms with Crippen LogP contribution in [0.2, 0.25) is 0 Å². The van der Waals surface area contributed by atoms with Crippen LogP contribution in [-0.2, 0) is 6.42 Å². The number of nitrogens with zero attached hydrogens (tertiary/aromatic N) is 1. The van der Waals surface area contributed by atoms with Gasteiger partial charge in [-0.1, -0.05) is 43.3 Å². The van der Waals surface area contributed by atoms with Crippen molar-refractivity contribution in [3.8, 4) is 11.5 Å². The van der Waals surface area contributed by atoms with Crippen LogP contribution in [0.3, 0.4) is 0 Å². The molecule has 0 saturated heterocycles. The summed E-state index contributed by atoms with van der Waals surface area (Å²) < 4.78 is 10.6. The van der Waals surface area contributed by atoms with E-state index in [0.29, 0.717) is 12.4 Å². The molecule has 0 aliphatic rings. The topological polar surface area (TPSA) is 56.8 Å². The van der Waals surface area contributed by atoms with E-state index in [-0.39, 0.29) is 18.3 Å². The lowest BCUT2D eigenvalue weighted by Crippen LogP contribution is -3.00. The van der Waals surface area contributed by atoms with Crippen LogP contribution in [0.25, 0.3) is 0 Å². The zero-order valence-electron chi connectivity index (χ0n) is 15.0. The minimum atomic E-state index is 0. The third kappa shape index (κ3) is 5.68. The van der Waals surface area contributed by atoms with Crippen LogP contribution in [0.1, 0.15) is 30.4 Å². The van der Waals surface area contributed by atoms with Gasteiger partial charge in [0.15, 0.2) is 11.5 Å². The largest absolute Gasteiger partial charge is 1.00 e. The van der Waals surface area contributed by atoms with Crippen molar-refractivity contribution >= 4 is 5.84 Å². The van der Waals surface area contributed by atoms with Crippen LogP contribution >= 0.6 is 0 Å². The fourth-order valence-electron chi connectivity index (χ4n) is 2.76. The molecule has 2 aromatic carbocycles. The number of benzene rings is 2. The summed E-state index contributed by atoms with van der Waals surface area (Å²) in [6.45, 7) is 2.79. The fourth-order valence-corrected chi connectivity index (χ4v) is 2.76. The van der Waals surface area contributed by atoms with Gasteiger partial charge in [-0.05, 0) is 36.1 Å². The first-order valence-corrected chi connectivity index (χ1v) is 8.25. The maximum Gasteiger partial charge on any atom is 0.160 e. The average Bonchev–Trinajstić information content (AvgIpc) is 2.63. The van der Waals surface area contributed by atoms with Crippen LogP contribution in [0.15, 0.2) is 53.5 Å². The summed E-state index contributed by atoms with van der Waals surface area (Å²) in [5.41, 5.74) is 8.60. The molecule has 2 aromatic rings.